The lowest BCUT2D eigenvalue weighted by Crippen LogP contribution is -1.97. The highest BCUT2D eigenvalue weighted by atomic mass is 79.9. The number of nitro groups is 1. The van der Waals surface area contributed by atoms with Crippen LogP contribution in [-0.4, -0.2) is 12.0 Å². The van der Waals surface area contributed by atoms with E-state index in [1.165, 1.54) is 7.11 Å². The second-order valence-corrected chi connectivity index (χ2v) is 3.07. The normalized spacial score (nSPS) is 9.93. The quantitative estimate of drug-likeness (QED) is 0.479. The summed E-state index contributed by atoms with van der Waals surface area (Å²) in [6.45, 7) is 0. The summed E-state index contributed by atoms with van der Waals surface area (Å²) in [5.41, 5.74) is 0.000787. The van der Waals surface area contributed by atoms with E-state index in [-0.39, 0.29) is 0 Å². The molecule has 0 saturated heterocycles. The summed E-state index contributed by atoms with van der Waals surface area (Å²) in [7, 11) is 1.38. The number of alkyl halides is 1. The van der Waals surface area contributed by atoms with Crippen molar-refractivity contribution in [2.24, 2.45) is 0 Å². The summed E-state index contributed by atoms with van der Waals surface area (Å²) >= 11 is 3.13. The third-order valence-corrected chi connectivity index (χ3v) is 2.29. The fourth-order valence-electron chi connectivity index (χ4n) is 1.02. The number of nitrogens with zero attached hydrogens (tertiary/aromatic N) is 1. The standard InChI is InChI=1S/C8H7BrFNO3/c1-14-8-3-6(10)7(11(12)13)2-5(8)4-9/h2-3H,4H2,1H3. The number of ether oxygens (including phenoxy) is 1. The van der Waals surface area contributed by atoms with Crippen LogP contribution in [0, 0.1) is 15.9 Å². The molecule has 76 valence electrons. The molecule has 0 aliphatic heterocycles. The minimum atomic E-state index is -0.892. The molecule has 14 heavy (non-hydrogen) atoms. The van der Waals surface area contributed by atoms with Gasteiger partial charge in [-0.1, -0.05) is 15.9 Å². The maximum atomic E-state index is 13.1. The van der Waals surface area contributed by atoms with Crippen LogP contribution in [0.2, 0.25) is 0 Å². The van der Waals surface area contributed by atoms with E-state index in [4.69, 9.17) is 4.74 Å². The fraction of sp³-hybridized carbons (Fsp3) is 0.250. The molecule has 0 N–H and O–H groups in total. The van der Waals surface area contributed by atoms with Crippen molar-refractivity contribution in [1.29, 1.82) is 0 Å². The van der Waals surface area contributed by atoms with Gasteiger partial charge in [0.25, 0.3) is 0 Å². The van der Waals surface area contributed by atoms with Crippen LogP contribution in [0.25, 0.3) is 0 Å². The molecular weight excluding hydrogens is 257 g/mol. The molecule has 1 aromatic carbocycles. The number of methoxy groups -OCH3 is 1. The molecule has 0 spiro atoms. The first-order valence-corrected chi connectivity index (χ1v) is 4.79. The van der Waals surface area contributed by atoms with Gasteiger partial charge in [0.1, 0.15) is 5.75 Å². The Labute approximate surface area is 88.0 Å². The molecule has 0 radical (unpaired) electrons. The van der Waals surface area contributed by atoms with Crippen LogP contribution >= 0.6 is 15.9 Å². The number of nitro benzene ring substituents is 1. The van der Waals surface area contributed by atoms with E-state index in [1.54, 1.807) is 0 Å². The Bertz CT molecular complexity index is 370. The molecule has 0 saturated carbocycles. The third kappa shape index (κ3) is 2.01. The summed E-state index contributed by atoms with van der Waals surface area (Å²) in [6.07, 6.45) is 0. The molecule has 0 amide bonds. The maximum Gasteiger partial charge on any atom is 0.305 e. The Kier molecular flexibility index (Phi) is 3.40. The van der Waals surface area contributed by atoms with Crippen molar-refractivity contribution < 1.29 is 14.1 Å². The van der Waals surface area contributed by atoms with Crippen LogP contribution in [0.5, 0.6) is 5.75 Å². The summed E-state index contributed by atoms with van der Waals surface area (Å²) in [5, 5.41) is 10.8. The second-order valence-electron chi connectivity index (χ2n) is 2.51. The van der Waals surface area contributed by atoms with Crippen LogP contribution in [0.3, 0.4) is 0 Å². The zero-order valence-corrected chi connectivity index (χ0v) is 8.88. The summed E-state index contributed by atoms with van der Waals surface area (Å²) in [5.74, 6) is -0.596. The van der Waals surface area contributed by atoms with Gasteiger partial charge >= 0.3 is 5.69 Å². The molecule has 0 unspecified atom stereocenters. The smallest absolute Gasteiger partial charge is 0.305 e. The minimum Gasteiger partial charge on any atom is -0.496 e. The van der Waals surface area contributed by atoms with Gasteiger partial charge in [0.05, 0.1) is 12.0 Å². The highest BCUT2D eigenvalue weighted by Gasteiger charge is 2.17. The lowest BCUT2D eigenvalue weighted by molar-refractivity contribution is -0.387. The summed E-state index contributed by atoms with van der Waals surface area (Å²) in [4.78, 5) is 9.64. The zero-order valence-electron chi connectivity index (χ0n) is 7.29. The van der Waals surface area contributed by atoms with Crippen LogP contribution in [0.1, 0.15) is 5.56 Å². The summed E-state index contributed by atoms with van der Waals surface area (Å²) < 4.78 is 17.9. The van der Waals surface area contributed by atoms with Gasteiger partial charge in [-0.05, 0) is 0 Å². The van der Waals surface area contributed by atoms with Gasteiger partial charge in [0.2, 0.25) is 5.82 Å². The Morgan fingerprint density at radius 1 is 1.64 bits per heavy atom. The number of halogens is 2. The van der Waals surface area contributed by atoms with E-state index in [1.807, 2.05) is 0 Å². The molecule has 0 aromatic heterocycles. The van der Waals surface area contributed by atoms with E-state index < -0.39 is 16.4 Å². The molecule has 0 heterocycles. The van der Waals surface area contributed by atoms with E-state index in [0.29, 0.717) is 16.6 Å². The van der Waals surface area contributed by atoms with Gasteiger partial charge < -0.3 is 4.74 Å². The predicted octanol–water partition coefficient (Wildman–Crippen LogP) is 2.64. The molecular formula is C8H7BrFNO3. The molecule has 0 bridgehead atoms. The first-order valence-electron chi connectivity index (χ1n) is 3.67. The van der Waals surface area contributed by atoms with E-state index in [9.17, 15) is 14.5 Å². The Morgan fingerprint density at radius 3 is 2.71 bits per heavy atom. The molecule has 1 rings (SSSR count). The van der Waals surface area contributed by atoms with Crippen molar-refractivity contribution in [3.8, 4) is 5.75 Å². The topological polar surface area (TPSA) is 52.4 Å². The lowest BCUT2D eigenvalue weighted by atomic mass is 10.2. The van der Waals surface area contributed by atoms with E-state index >= 15 is 0 Å². The molecule has 4 nitrogen and oxygen atoms in total. The first kappa shape index (κ1) is 10.9. The average Bonchev–Trinajstić information content (AvgIpc) is 2.16. The van der Waals surface area contributed by atoms with Gasteiger partial charge in [-0.3, -0.25) is 10.1 Å². The first-order chi connectivity index (χ1) is 6.60. The molecule has 0 atom stereocenters. The van der Waals surface area contributed by atoms with E-state index in [0.717, 1.165) is 12.1 Å². The average molecular weight is 264 g/mol. The van der Waals surface area contributed by atoms with Crippen LogP contribution in [0.4, 0.5) is 10.1 Å². The monoisotopic (exact) mass is 263 g/mol. The lowest BCUT2D eigenvalue weighted by Gasteiger charge is -2.05. The Balaban J connectivity index is 3.30. The zero-order chi connectivity index (χ0) is 10.7. The van der Waals surface area contributed by atoms with Gasteiger partial charge in [-0.2, -0.15) is 4.39 Å². The Morgan fingerprint density at radius 2 is 2.29 bits per heavy atom. The SMILES string of the molecule is COc1cc(F)c([N+](=O)[O-])cc1CBr. The second kappa shape index (κ2) is 4.36. The maximum absolute atomic E-state index is 13.1. The molecule has 0 aliphatic rings. The number of hydrogen-bond donors (Lipinski definition) is 0. The van der Waals surface area contributed by atoms with Crippen LogP contribution < -0.4 is 4.74 Å². The number of rotatable bonds is 3. The number of hydrogen-bond acceptors (Lipinski definition) is 3. The highest BCUT2D eigenvalue weighted by molar-refractivity contribution is 9.08. The van der Waals surface area contributed by atoms with Gasteiger partial charge in [0.15, 0.2) is 0 Å². The van der Waals surface area contributed by atoms with Crippen LogP contribution in [0.15, 0.2) is 12.1 Å². The van der Waals surface area contributed by atoms with Crippen LogP contribution in [-0.2, 0) is 5.33 Å². The molecule has 0 fully saturated rings. The van der Waals surface area contributed by atoms with Gasteiger partial charge in [0, 0.05) is 23.0 Å². The van der Waals surface area contributed by atoms with E-state index in [2.05, 4.69) is 15.9 Å². The summed E-state index contributed by atoms with van der Waals surface area (Å²) in [6, 6.07) is 2.16. The third-order valence-electron chi connectivity index (χ3n) is 1.69. The Hall–Kier alpha value is -1.17. The van der Waals surface area contributed by atoms with Crippen molar-refractivity contribution >= 4 is 21.6 Å². The van der Waals surface area contributed by atoms with Crippen molar-refractivity contribution in [3.63, 3.8) is 0 Å². The van der Waals surface area contributed by atoms with Crippen molar-refractivity contribution in [2.45, 2.75) is 5.33 Å². The largest absolute Gasteiger partial charge is 0.496 e. The number of benzene rings is 1. The molecule has 0 aliphatic carbocycles. The van der Waals surface area contributed by atoms with Gasteiger partial charge in [-0.15, -0.1) is 0 Å². The fourth-order valence-corrected chi connectivity index (χ4v) is 1.46. The molecule has 1 aromatic rings. The highest BCUT2D eigenvalue weighted by Crippen LogP contribution is 2.28. The van der Waals surface area contributed by atoms with Crippen molar-refractivity contribution in [2.75, 3.05) is 7.11 Å². The van der Waals surface area contributed by atoms with Gasteiger partial charge in [-0.25, -0.2) is 0 Å². The van der Waals surface area contributed by atoms with Crippen molar-refractivity contribution in [3.05, 3.63) is 33.6 Å². The van der Waals surface area contributed by atoms with Crippen molar-refractivity contribution in [1.82, 2.24) is 0 Å². The molecule has 6 heteroatoms. The minimum absolute atomic E-state index is 0.296. The predicted molar refractivity (Wildman–Crippen MR) is 52.2 cm³/mol.